The predicted molar refractivity (Wildman–Crippen MR) is 118 cm³/mol. The average molecular weight is 396 g/mol. The van der Waals surface area contributed by atoms with Crippen molar-refractivity contribution in [2.75, 3.05) is 10.2 Å². The van der Waals surface area contributed by atoms with Crippen LogP contribution in [0.3, 0.4) is 0 Å². The van der Waals surface area contributed by atoms with E-state index >= 15 is 0 Å². The van der Waals surface area contributed by atoms with E-state index in [4.69, 9.17) is 0 Å². The van der Waals surface area contributed by atoms with Crippen molar-refractivity contribution in [3.8, 4) is 0 Å². The van der Waals surface area contributed by atoms with Crippen molar-refractivity contribution in [3.05, 3.63) is 95.1 Å². The number of carbonyl (C=O) groups excluding carboxylic acids is 3. The Kier molecular flexibility index (Phi) is 5.02. The topological polar surface area (TPSA) is 66.5 Å². The normalized spacial score (nSPS) is 14.6. The fraction of sp³-hybridized carbons (Fsp3) is 0.0800. The number of aryl methyl sites for hydroxylation is 1. The molecule has 0 saturated carbocycles. The fourth-order valence-corrected chi connectivity index (χ4v) is 3.53. The summed E-state index contributed by atoms with van der Waals surface area (Å²) in [4.78, 5) is 39.0. The third-order valence-corrected chi connectivity index (χ3v) is 4.89. The van der Waals surface area contributed by atoms with E-state index in [0.29, 0.717) is 28.1 Å². The zero-order chi connectivity index (χ0) is 21.3. The molecule has 5 nitrogen and oxygen atoms in total. The molecule has 0 unspecified atom stereocenters. The van der Waals surface area contributed by atoms with Gasteiger partial charge in [0, 0.05) is 23.7 Å². The van der Waals surface area contributed by atoms with Gasteiger partial charge in [-0.25, -0.2) is 4.90 Å². The molecule has 148 valence electrons. The number of imide groups is 1. The summed E-state index contributed by atoms with van der Waals surface area (Å²) in [5.41, 5.74) is 4.52. The summed E-state index contributed by atoms with van der Waals surface area (Å²) >= 11 is 0. The van der Waals surface area contributed by atoms with Gasteiger partial charge < -0.3 is 5.32 Å². The van der Waals surface area contributed by atoms with Crippen molar-refractivity contribution in [1.29, 1.82) is 0 Å². The van der Waals surface area contributed by atoms with Gasteiger partial charge in [-0.15, -0.1) is 0 Å². The van der Waals surface area contributed by atoms with E-state index in [1.54, 1.807) is 42.5 Å². The molecule has 0 atom stereocenters. The molecule has 4 rings (SSSR count). The standard InChI is InChI=1S/C25H20N2O3/c1-16-6-5-7-20(14-16)27-24(29)22-9-4-3-8-21(22)23(25(27)30)15-18-10-12-19(13-11-18)26-17(2)28/h3-15H,1-2H3,(H,26,28)/b23-15+. The first kappa shape index (κ1) is 19.3. The molecule has 0 aliphatic carbocycles. The second kappa shape index (κ2) is 7.79. The van der Waals surface area contributed by atoms with Gasteiger partial charge in [-0.3, -0.25) is 14.4 Å². The third kappa shape index (κ3) is 3.65. The van der Waals surface area contributed by atoms with Crippen LogP contribution in [-0.2, 0) is 9.59 Å². The number of hydrogen-bond donors (Lipinski definition) is 1. The zero-order valence-corrected chi connectivity index (χ0v) is 16.7. The lowest BCUT2D eigenvalue weighted by Crippen LogP contribution is -2.41. The van der Waals surface area contributed by atoms with Crippen molar-refractivity contribution in [1.82, 2.24) is 0 Å². The molecular weight excluding hydrogens is 376 g/mol. The molecule has 1 aliphatic heterocycles. The molecular formula is C25H20N2O3. The monoisotopic (exact) mass is 396 g/mol. The van der Waals surface area contributed by atoms with Crippen molar-refractivity contribution in [3.63, 3.8) is 0 Å². The van der Waals surface area contributed by atoms with E-state index in [1.165, 1.54) is 11.8 Å². The first-order valence-corrected chi connectivity index (χ1v) is 9.58. The maximum atomic E-state index is 13.4. The molecule has 3 aromatic rings. The molecule has 0 bridgehead atoms. The highest BCUT2D eigenvalue weighted by molar-refractivity contribution is 6.43. The maximum Gasteiger partial charge on any atom is 0.265 e. The Labute approximate surface area is 174 Å². The second-order valence-electron chi connectivity index (χ2n) is 7.19. The number of fused-ring (bicyclic) bond motifs is 1. The predicted octanol–water partition coefficient (Wildman–Crippen LogP) is 4.68. The van der Waals surface area contributed by atoms with Crippen LogP contribution in [0.2, 0.25) is 0 Å². The first-order chi connectivity index (χ1) is 14.4. The van der Waals surface area contributed by atoms with E-state index in [9.17, 15) is 14.4 Å². The minimum absolute atomic E-state index is 0.148. The smallest absolute Gasteiger partial charge is 0.265 e. The van der Waals surface area contributed by atoms with E-state index in [0.717, 1.165) is 11.1 Å². The summed E-state index contributed by atoms with van der Waals surface area (Å²) in [6.45, 7) is 3.37. The average Bonchev–Trinajstić information content (AvgIpc) is 2.72. The van der Waals surface area contributed by atoms with Crippen LogP contribution in [0.15, 0.2) is 72.8 Å². The maximum absolute atomic E-state index is 13.4. The number of carbonyl (C=O) groups is 3. The Morgan fingerprint density at radius 1 is 0.867 bits per heavy atom. The third-order valence-electron chi connectivity index (χ3n) is 4.89. The highest BCUT2D eigenvalue weighted by Gasteiger charge is 2.35. The SMILES string of the molecule is CC(=O)Nc1ccc(/C=C2/C(=O)N(c3cccc(C)c3)C(=O)c3ccccc32)cc1. The van der Waals surface area contributed by atoms with Crippen LogP contribution in [0.1, 0.15) is 34.0 Å². The molecule has 1 heterocycles. The van der Waals surface area contributed by atoms with Gasteiger partial charge in [0.15, 0.2) is 0 Å². The first-order valence-electron chi connectivity index (χ1n) is 9.58. The Morgan fingerprint density at radius 2 is 1.57 bits per heavy atom. The zero-order valence-electron chi connectivity index (χ0n) is 16.7. The Bertz CT molecular complexity index is 1190. The molecule has 3 amide bonds. The highest BCUT2D eigenvalue weighted by Crippen LogP contribution is 2.33. The summed E-state index contributed by atoms with van der Waals surface area (Å²) in [5.74, 6) is -0.848. The number of anilines is 2. The van der Waals surface area contributed by atoms with Crippen LogP contribution in [0.5, 0.6) is 0 Å². The second-order valence-corrected chi connectivity index (χ2v) is 7.19. The molecule has 1 aliphatic rings. The number of nitrogens with zero attached hydrogens (tertiary/aromatic N) is 1. The van der Waals surface area contributed by atoms with Crippen LogP contribution in [0.25, 0.3) is 11.6 Å². The van der Waals surface area contributed by atoms with Crippen LogP contribution in [0, 0.1) is 6.92 Å². The van der Waals surface area contributed by atoms with Gasteiger partial charge in [0.05, 0.1) is 5.69 Å². The van der Waals surface area contributed by atoms with Gasteiger partial charge in [0.1, 0.15) is 0 Å². The molecule has 0 saturated heterocycles. The largest absolute Gasteiger partial charge is 0.326 e. The summed E-state index contributed by atoms with van der Waals surface area (Å²) < 4.78 is 0. The van der Waals surface area contributed by atoms with Crippen LogP contribution < -0.4 is 10.2 Å². The molecule has 1 N–H and O–H groups in total. The molecule has 3 aromatic carbocycles. The van der Waals surface area contributed by atoms with Crippen LogP contribution in [0.4, 0.5) is 11.4 Å². The number of benzene rings is 3. The lowest BCUT2D eigenvalue weighted by Gasteiger charge is -2.29. The molecule has 0 fully saturated rings. The lowest BCUT2D eigenvalue weighted by molar-refractivity contribution is -0.114. The van der Waals surface area contributed by atoms with Crippen molar-refractivity contribution in [2.45, 2.75) is 13.8 Å². The summed E-state index contributed by atoms with van der Waals surface area (Å²) in [5, 5.41) is 2.72. The highest BCUT2D eigenvalue weighted by atomic mass is 16.2. The van der Waals surface area contributed by atoms with Gasteiger partial charge in [-0.05, 0) is 60.0 Å². The summed E-state index contributed by atoms with van der Waals surface area (Å²) in [7, 11) is 0. The summed E-state index contributed by atoms with van der Waals surface area (Å²) in [6, 6.07) is 21.7. The Hall–Kier alpha value is -3.99. The van der Waals surface area contributed by atoms with Gasteiger partial charge in [-0.1, -0.05) is 42.5 Å². The number of rotatable bonds is 3. The molecule has 0 radical (unpaired) electrons. The Morgan fingerprint density at radius 3 is 2.23 bits per heavy atom. The van der Waals surface area contributed by atoms with Crippen molar-refractivity contribution >= 4 is 40.7 Å². The van der Waals surface area contributed by atoms with Crippen LogP contribution in [-0.4, -0.2) is 17.7 Å². The van der Waals surface area contributed by atoms with Gasteiger partial charge in [0.2, 0.25) is 5.91 Å². The molecule has 0 spiro atoms. The van der Waals surface area contributed by atoms with Gasteiger partial charge >= 0.3 is 0 Å². The minimum Gasteiger partial charge on any atom is -0.326 e. The van der Waals surface area contributed by atoms with Crippen molar-refractivity contribution in [2.24, 2.45) is 0 Å². The van der Waals surface area contributed by atoms with E-state index in [1.807, 2.05) is 43.3 Å². The number of amides is 3. The molecule has 5 heteroatoms. The Balaban J connectivity index is 1.81. The molecule has 0 aromatic heterocycles. The van der Waals surface area contributed by atoms with Gasteiger partial charge in [0.25, 0.3) is 11.8 Å². The van der Waals surface area contributed by atoms with E-state index in [2.05, 4.69) is 5.32 Å². The van der Waals surface area contributed by atoms with Gasteiger partial charge in [-0.2, -0.15) is 0 Å². The van der Waals surface area contributed by atoms with E-state index in [-0.39, 0.29) is 17.7 Å². The summed E-state index contributed by atoms with van der Waals surface area (Å²) in [6.07, 6.45) is 1.77. The van der Waals surface area contributed by atoms with Crippen molar-refractivity contribution < 1.29 is 14.4 Å². The molecule has 30 heavy (non-hydrogen) atoms. The minimum atomic E-state index is -0.366. The number of hydrogen-bond acceptors (Lipinski definition) is 3. The number of nitrogens with one attached hydrogen (secondary N) is 1. The fourth-order valence-electron chi connectivity index (χ4n) is 3.53. The van der Waals surface area contributed by atoms with Crippen LogP contribution >= 0.6 is 0 Å². The lowest BCUT2D eigenvalue weighted by atomic mass is 9.91. The quantitative estimate of drug-likeness (QED) is 0.516. The van der Waals surface area contributed by atoms with E-state index < -0.39 is 0 Å².